The van der Waals surface area contributed by atoms with Gasteiger partial charge in [-0.15, -0.1) is 0 Å². The van der Waals surface area contributed by atoms with E-state index in [1.807, 2.05) is 30.0 Å². The van der Waals surface area contributed by atoms with Gasteiger partial charge in [-0.3, -0.25) is 13.9 Å². The van der Waals surface area contributed by atoms with E-state index < -0.39 is 15.9 Å². The Balaban J connectivity index is 1.58. The molecule has 2 N–H and O–H groups in total. The normalized spacial score (nSPS) is 18.2. The van der Waals surface area contributed by atoms with Crippen LogP contribution in [-0.4, -0.2) is 43.5 Å². The Morgan fingerprint density at radius 3 is 2.30 bits per heavy atom. The maximum absolute atomic E-state index is 13.3. The van der Waals surface area contributed by atoms with Gasteiger partial charge in [0, 0.05) is 29.8 Å². The van der Waals surface area contributed by atoms with Crippen molar-refractivity contribution in [2.45, 2.75) is 44.8 Å². The Morgan fingerprint density at radius 1 is 1.10 bits per heavy atom. The van der Waals surface area contributed by atoms with E-state index in [4.69, 9.17) is 5.73 Å². The van der Waals surface area contributed by atoms with Crippen molar-refractivity contribution in [2.24, 2.45) is 5.73 Å². The van der Waals surface area contributed by atoms with Crippen LogP contribution in [0.1, 0.15) is 51.6 Å². The number of sulfonamides is 1. The van der Waals surface area contributed by atoms with Crippen LogP contribution >= 0.6 is 0 Å². The van der Waals surface area contributed by atoms with Crippen molar-refractivity contribution in [3.05, 3.63) is 64.7 Å². The summed E-state index contributed by atoms with van der Waals surface area (Å²) in [5, 5.41) is 0. The Kier molecular flexibility index (Phi) is 5.05. The standard InChI is InChI=1S/C22H25N3O4S/c1-14-11-18-12-17(7-10-20(18)25(14)30(2,28)29)22(27)24(19-8-9-19)13-15-3-5-16(6-4-15)21(23)26/h3-7,10,12,14,19H,8-9,11,13H2,1-2H3,(H2,23,26). The number of hydrogen-bond acceptors (Lipinski definition) is 4. The molecule has 1 saturated carbocycles. The van der Waals surface area contributed by atoms with Gasteiger partial charge in [0.15, 0.2) is 0 Å². The molecule has 2 aliphatic rings. The fraction of sp³-hybridized carbons (Fsp3) is 0.364. The van der Waals surface area contributed by atoms with Crippen LogP contribution in [0.25, 0.3) is 0 Å². The van der Waals surface area contributed by atoms with Gasteiger partial charge in [-0.25, -0.2) is 8.42 Å². The zero-order valence-electron chi connectivity index (χ0n) is 17.0. The van der Waals surface area contributed by atoms with Crippen molar-refractivity contribution < 1.29 is 18.0 Å². The number of fused-ring (bicyclic) bond motifs is 1. The minimum absolute atomic E-state index is 0.0651. The summed E-state index contributed by atoms with van der Waals surface area (Å²) in [6.07, 6.45) is 3.72. The molecule has 7 nitrogen and oxygen atoms in total. The largest absolute Gasteiger partial charge is 0.366 e. The SMILES string of the molecule is CC1Cc2cc(C(=O)N(Cc3ccc(C(N)=O)cc3)C3CC3)ccc2N1S(C)(=O)=O. The predicted octanol–water partition coefficient (Wildman–Crippen LogP) is 2.30. The van der Waals surface area contributed by atoms with Crippen molar-refractivity contribution in [3.8, 4) is 0 Å². The molecule has 0 radical (unpaired) electrons. The Morgan fingerprint density at radius 2 is 1.73 bits per heavy atom. The highest BCUT2D eigenvalue weighted by atomic mass is 32.2. The summed E-state index contributed by atoms with van der Waals surface area (Å²) >= 11 is 0. The number of amides is 2. The number of primary amides is 1. The Hall–Kier alpha value is -2.87. The van der Waals surface area contributed by atoms with Gasteiger partial charge >= 0.3 is 0 Å². The van der Waals surface area contributed by atoms with Crippen LogP contribution in [0.5, 0.6) is 0 Å². The highest BCUT2D eigenvalue weighted by molar-refractivity contribution is 7.92. The molecule has 2 aromatic rings. The maximum Gasteiger partial charge on any atom is 0.254 e. The molecule has 0 saturated heterocycles. The molecule has 1 atom stereocenters. The van der Waals surface area contributed by atoms with Gasteiger partial charge < -0.3 is 10.6 Å². The summed E-state index contributed by atoms with van der Waals surface area (Å²) in [5.74, 6) is -0.545. The average Bonchev–Trinajstić information content (AvgIpc) is 3.45. The first-order chi connectivity index (χ1) is 14.1. The van der Waals surface area contributed by atoms with E-state index in [2.05, 4.69) is 0 Å². The first-order valence-corrected chi connectivity index (χ1v) is 11.8. The van der Waals surface area contributed by atoms with Gasteiger partial charge in [0.05, 0.1) is 11.9 Å². The van der Waals surface area contributed by atoms with Crippen LogP contribution in [0.2, 0.25) is 0 Å². The second kappa shape index (κ2) is 7.43. The lowest BCUT2D eigenvalue weighted by Crippen LogP contribution is -2.34. The van der Waals surface area contributed by atoms with Gasteiger partial charge in [-0.05, 0) is 67.6 Å². The molecule has 0 spiro atoms. The maximum atomic E-state index is 13.3. The molecule has 0 aromatic heterocycles. The zero-order valence-corrected chi connectivity index (χ0v) is 17.9. The van der Waals surface area contributed by atoms with Gasteiger partial charge in [0.1, 0.15) is 0 Å². The minimum Gasteiger partial charge on any atom is -0.366 e. The summed E-state index contributed by atoms with van der Waals surface area (Å²) < 4.78 is 25.7. The number of benzene rings is 2. The molecule has 2 aromatic carbocycles. The van der Waals surface area contributed by atoms with E-state index in [0.29, 0.717) is 29.8 Å². The average molecular weight is 428 g/mol. The Labute approximate surface area is 176 Å². The molecule has 8 heteroatoms. The zero-order chi connectivity index (χ0) is 21.6. The van der Waals surface area contributed by atoms with Crippen LogP contribution < -0.4 is 10.0 Å². The van der Waals surface area contributed by atoms with E-state index in [1.165, 1.54) is 10.6 Å². The number of carbonyl (C=O) groups is 2. The predicted molar refractivity (Wildman–Crippen MR) is 115 cm³/mol. The van der Waals surface area contributed by atoms with Crippen LogP contribution in [0.3, 0.4) is 0 Å². The van der Waals surface area contributed by atoms with Crippen LogP contribution in [0, 0.1) is 0 Å². The number of hydrogen-bond donors (Lipinski definition) is 1. The first kappa shape index (κ1) is 20.4. The van der Waals surface area contributed by atoms with Crippen LogP contribution in [-0.2, 0) is 23.0 Å². The topological polar surface area (TPSA) is 101 Å². The van der Waals surface area contributed by atoms with Crippen LogP contribution in [0.15, 0.2) is 42.5 Å². The molecular formula is C22H25N3O4S. The second-order valence-corrected chi connectivity index (χ2v) is 10.0. The van der Waals surface area contributed by atoms with Crippen molar-refractivity contribution in [3.63, 3.8) is 0 Å². The van der Waals surface area contributed by atoms with Gasteiger partial charge in [-0.1, -0.05) is 12.1 Å². The first-order valence-electron chi connectivity index (χ1n) is 9.97. The molecule has 30 heavy (non-hydrogen) atoms. The smallest absolute Gasteiger partial charge is 0.254 e. The van der Waals surface area contributed by atoms with Gasteiger partial charge in [0.25, 0.3) is 5.91 Å². The highest BCUT2D eigenvalue weighted by Gasteiger charge is 2.35. The van der Waals surface area contributed by atoms with E-state index >= 15 is 0 Å². The Bertz CT molecular complexity index is 1110. The van der Waals surface area contributed by atoms with Crippen molar-refractivity contribution in [2.75, 3.05) is 10.6 Å². The number of nitrogens with two attached hydrogens (primary N) is 1. The second-order valence-electron chi connectivity index (χ2n) is 8.18. The van der Waals surface area contributed by atoms with Crippen LogP contribution in [0.4, 0.5) is 5.69 Å². The molecule has 1 aliphatic carbocycles. The minimum atomic E-state index is -3.36. The number of nitrogens with zero attached hydrogens (tertiary/aromatic N) is 2. The molecule has 4 rings (SSSR count). The van der Waals surface area contributed by atoms with Gasteiger partial charge in [-0.2, -0.15) is 0 Å². The van der Waals surface area contributed by atoms with Crippen molar-refractivity contribution >= 4 is 27.5 Å². The van der Waals surface area contributed by atoms with Crippen molar-refractivity contribution in [1.29, 1.82) is 0 Å². The molecule has 0 bridgehead atoms. The molecule has 2 amide bonds. The fourth-order valence-corrected chi connectivity index (χ4v) is 5.39. The monoisotopic (exact) mass is 427 g/mol. The van der Waals surface area contributed by atoms with E-state index in [1.54, 1.807) is 24.3 Å². The molecular weight excluding hydrogens is 402 g/mol. The highest BCUT2D eigenvalue weighted by Crippen LogP contribution is 2.36. The third kappa shape index (κ3) is 3.92. The van der Waals surface area contributed by atoms with E-state index in [-0.39, 0.29) is 18.0 Å². The van der Waals surface area contributed by atoms with Crippen molar-refractivity contribution in [1.82, 2.24) is 4.90 Å². The van der Waals surface area contributed by atoms with Gasteiger partial charge in [0.2, 0.25) is 15.9 Å². The summed E-state index contributed by atoms with van der Waals surface area (Å²) in [7, 11) is -3.36. The third-order valence-electron chi connectivity index (χ3n) is 5.68. The lowest BCUT2D eigenvalue weighted by atomic mass is 10.1. The molecule has 1 fully saturated rings. The summed E-state index contributed by atoms with van der Waals surface area (Å²) in [5.41, 5.74) is 8.76. The molecule has 1 heterocycles. The van der Waals surface area contributed by atoms with E-state index in [0.717, 1.165) is 24.0 Å². The third-order valence-corrected chi connectivity index (χ3v) is 6.95. The number of anilines is 1. The molecule has 158 valence electrons. The fourth-order valence-electron chi connectivity index (χ4n) is 4.13. The summed E-state index contributed by atoms with van der Waals surface area (Å²) in [6.45, 7) is 2.32. The number of carbonyl (C=O) groups excluding carboxylic acids is 2. The molecule has 1 aliphatic heterocycles. The number of rotatable bonds is 6. The summed E-state index contributed by atoms with van der Waals surface area (Å²) in [4.78, 5) is 26.4. The quantitative estimate of drug-likeness (QED) is 0.764. The lowest BCUT2D eigenvalue weighted by molar-refractivity contribution is 0.0729. The molecule has 1 unspecified atom stereocenters. The summed E-state index contributed by atoms with van der Waals surface area (Å²) in [6, 6.07) is 12.3. The lowest BCUT2D eigenvalue weighted by Gasteiger charge is -2.24. The van der Waals surface area contributed by atoms with E-state index in [9.17, 15) is 18.0 Å².